The molecule has 2 aliphatic carbocycles. The van der Waals surface area contributed by atoms with E-state index in [2.05, 4.69) is 180 Å². The largest absolute Gasteiger partial charge is 0.0622 e. The van der Waals surface area contributed by atoms with Gasteiger partial charge in [0.05, 0.1) is 0 Å². The molecule has 0 unspecified atom stereocenters. The van der Waals surface area contributed by atoms with Crippen LogP contribution in [0.5, 0.6) is 0 Å². The first-order valence-electron chi connectivity index (χ1n) is 16.1. The molecule has 2 aliphatic rings. The van der Waals surface area contributed by atoms with Crippen molar-refractivity contribution in [1.82, 2.24) is 0 Å². The quantitative estimate of drug-likeness (QED) is 0.178. The van der Waals surface area contributed by atoms with E-state index in [1.54, 1.807) is 0 Å². The molecule has 0 radical (unpaired) electrons. The van der Waals surface area contributed by atoms with Crippen LogP contribution in [0.4, 0.5) is 0 Å². The molecule has 1 heteroatoms. The molecule has 0 nitrogen and oxygen atoms in total. The fourth-order valence-corrected chi connectivity index (χ4v) is 8.71. The maximum Gasteiger partial charge on any atom is 0.0296 e. The molecule has 0 fully saturated rings. The first-order valence-corrected chi connectivity index (χ1v) is 16.9. The summed E-state index contributed by atoms with van der Waals surface area (Å²) >= 11 is 3.86. The maximum absolute atomic E-state index is 3.86. The van der Waals surface area contributed by atoms with Crippen LogP contribution < -0.4 is 0 Å². The second kappa shape index (κ2) is 10.8. The molecule has 0 heterocycles. The van der Waals surface area contributed by atoms with Crippen molar-refractivity contribution in [1.29, 1.82) is 0 Å². The molecular formula is C45H31Br. The molecule has 0 aromatic heterocycles. The summed E-state index contributed by atoms with van der Waals surface area (Å²) in [6.45, 7) is 0. The third-order valence-corrected chi connectivity index (χ3v) is 10.6. The predicted molar refractivity (Wildman–Crippen MR) is 196 cm³/mol. The standard InChI is InChI=1S/C45H31Br/c46-34-25-26-36-35-23-13-14-24-39(35)45(40(36)27-34)28-37-38(29-45)42(31-17-7-2-8-18-31)44(33-21-11-4-12-22-33)43(32-19-9-3-10-20-32)41(37)30-15-5-1-6-16-30/h1-27H,28-29H2. The Labute approximate surface area is 279 Å². The highest BCUT2D eigenvalue weighted by Gasteiger charge is 2.49. The fraction of sp³-hybridized carbons (Fsp3) is 0.0667. The Morgan fingerprint density at radius 1 is 0.370 bits per heavy atom. The van der Waals surface area contributed by atoms with Crippen LogP contribution in [-0.2, 0) is 18.3 Å². The highest BCUT2D eigenvalue weighted by atomic mass is 79.9. The summed E-state index contributed by atoms with van der Waals surface area (Å²) in [5.74, 6) is 0. The number of halogens is 1. The summed E-state index contributed by atoms with van der Waals surface area (Å²) < 4.78 is 1.14. The van der Waals surface area contributed by atoms with Crippen molar-refractivity contribution in [2.24, 2.45) is 0 Å². The van der Waals surface area contributed by atoms with E-state index >= 15 is 0 Å². The lowest BCUT2D eigenvalue weighted by Gasteiger charge is -2.27. The second-order valence-electron chi connectivity index (χ2n) is 12.6. The van der Waals surface area contributed by atoms with Crippen molar-refractivity contribution in [2.45, 2.75) is 18.3 Å². The van der Waals surface area contributed by atoms with Crippen LogP contribution in [0, 0.1) is 0 Å². The zero-order chi connectivity index (χ0) is 30.7. The fourth-order valence-electron chi connectivity index (χ4n) is 8.35. The van der Waals surface area contributed by atoms with Gasteiger partial charge in [0.15, 0.2) is 0 Å². The Bertz CT molecular complexity index is 2120. The van der Waals surface area contributed by atoms with E-state index in [0.717, 1.165) is 17.3 Å². The summed E-state index contributed by atoms with van der Waals surface area (Å²) in [5, 5.41) is 0. The molecule has 46 heavy (non-hydrogen) atoms. The number of benzene rings is 7. The van der Waals surface area contributed by atoms with Gasteiger partial charge in [-0.05, 0) is 103 Å². The van der Waals surface area contributed by atoms with Gasteiger partial charge in [0, 0.05) is 9.89 Å². The van der Waals surface area contributed by atoms with E-state index in [-0.39, 0.29) is 5.41 Å². The number of hydrogen-bond donors (Lipinski definition) is 0. The zero-order valence-electron chi connectivity index (χ0n) is 25.4. The van der Waals surface area contributed by atoms with Gasteiger partial charge in [0.1, 0.15) is 0 Å². The summed E-state index contributed by atoms with van der Waals surface area (Å²) in [7, 11) is 0. The minimum atomic E-state index is -0.158. The van der Waals surface area contributed by atoms with Gasteiger partial charge in [0.25, 0.3) is 0 Å². The molecule has 0 N–H and O–H groups in total. The third-order valence-electron chi connectivity index (χ3n) is 10.2. The maximum atomic E-state index is 3.86. The molecule has 9 rings (SSSR count). The number of fused-ring (bicyclic) bond motifs is 6. The van der Waals surface area contributed by atoms with Crippen molar-refractivity contribution in [3.63, 3.8) is 0 Å². The first-order chi connectivity index (χ1) is 22.7. The van der Waals surface area contributed by atoms with E-state index in [0.29, 0.717) is 0 Å². The highest BCUT2D eigenvalue weighted by Crippen LogP contribution is 2.61. The van der Waals surface area contributed by atoms with Gasteiger partial charge in [-0.1, -0.05) is 168 Å². The van der Waals surface area contributed by atoms with Crippen LogP contribution in [-0.4, -0.2) is 0 Å². The Morgan fingerprint density at radius 2 is 0.761 bits per heavy atom. The van der Waals surface area contributed by atoms with Crippen LogP contribution in [0.15, 0.2) is 168 Å². The van der Waals surface area contributed by atoms with Crippen molar-refractivity contribution in [2.75, 3.05) is 0 Å². The Hall–Kier alpha value is -4.98. The molecular weight excluding hydrogens is 620 g/mol. The van der Waals surface area contributed by atoms with Crippen LogP contribution in [0.2, 0.25) is 0 Å². The van der Waals surface area contributed by atoms with Crippen molar-refractivity contribution < 1.29 is 0 Å². The average molecular weight is 652 g/mol. The van der Waals surface area contributed by atoms with Crippen molar-refractivity contribution >= 4 is 15.9 Å². The SMILES string of the molecule is Brc1ccc2c(c1)C1(Cc3c(c(-c4ccccc4)c(-c4ccccc4)c(-c4ccccc4)c3-c3ccccc3)C1)c1ccccc1-2. The van der Waals surface area contributed by atoms with E-state index in [9.17, 15) is 0 Å². The lowest BCUT2D eigenvalue weighted by molar-refractivity contribution is 0.564. The van der Waals surface area contributed by atoms with Crippen LogP contribution in [0.1, 0.15) is 22.3 Å². The van der Waals surface area contributed by atoms with E-state index in [1.807, 2.05) is 0 Å². The Morgan fingerprint density at radius 3 is 1.24 bits per heavy atom. The van der Waals surface area contributed by atoms with Gasteiger partial charge in [-0.15, -0.1) is 0 Å². The van der Waals surface area contributed by atoms with Gasteiger partial charge in [-0.2, -0.15) is 0 Å². The monoisotopic (exact) mass is 650 g/mol. The summed E-state index contributed by atoms with van der Waals surface area (Å²) in [4.78, 5) is 0. The highest BCUT2D eigenvalue weighted by molar-refractivity contribution is 9.10. The van der Waals surface area contributed by atoms with Gasteiger partial charge >= 0.3 is 0 Å². The lowest BCUT2D eigenvalue weighted by Crippen LogP contribution is -2.25. The predicted octanol–water partition coefficient (Wildman–Crippen LogP) is 12.2. The summed E-state index contributed by atoms with van der Waals surface area (Å²) in [6, 6.07) is 60.4. The van der Waals surface area contributed by atoms with Gasteiger partial charge in [0.2, 0.25) is 0 Å². The van der Waals surface area contributed by atoms with E-state index < -0.39 is 0 Å². The molecule has 0 saturated heterocycles. The topological polar surface area (TPSA) is 0 Å². The molecule has 0 amide bonds. The first kappa shape index (κ1) is 27.3. The molecule has 7 aromatic carbocycles. The zero-order valence-corrected chi connectivity index (χ0v) is 27.0. The molecule has 0 saturated carbocycles. The molecule has 0 atom stereocenters. The minimum Gasteiger partial charge on any atom is -0.0622 e. The van der Waals surface area contributed by atoms with Crippen molar-refractivity contribution in [3.05, 3.63) is 191 Å². The summed E-state index contributed by atoms with van der Waals surface area (Å²) in [6.07, 6.45) is 1.89. The molecule has 218 valence electrons. The smallest absolute Gasteiger partial charge is 0.0296 e. The van der Waals surface area contributed by atoms with Crippen LogP contribution in [0.3, 0.4) is 0 Å². The minimum absolute atomic E-state index is 0.158. The molecule has 1 spiro atoms. The molecule has 0 bridgehead atoms. The molecule has 7 aromatic rings. The van der Waals surface area contributed by atoms with Gasteiger partial charge < -0.3 is 0 Å². The lowest BCUT2D eigenvalue weighted by atomic mass is 9.75. The average Bonchev–Trinajstić information content (AvgIpc) is 3.64. The molecule has 0 aliphatic heterocycles. The van der Waals surface area contributed by atoms with Crippen LogP contribution in [0.25, 0.3) is 55.6 Å². The third kappa shape index (κ3) is 4.12. The van der Waals surface area contributed by atoms with E-state index in [4.69, 9.17) is 0 Å². The van der Waals surface area contributed by atoms with Crippen molar-refractivity contribution in [3.8, 4) is 55.6 Å². The van der Waals surface area contributed by atoms with Crippen LogP contribution >= 0.6 is 15.9 Å². The van der Waals surface area contributed by atoms with Gasteiger partial charge in [-0.25, -0.2) is 0 Å². The Kier molecular flexibility index (Phi) is 6.43. The number of hydrogen-bond acceptors (Lipinski definition) is 0. The van der Waals surface area contributed by atoms with E-state index in [1.165, 1.54) is 77.9 Å². The summed E-state index contributed by atoms with van der Waals surface area (Å²) in [5.41, 5.74) is 18.8. The Balaban J connectivity index is 1.47. The normalized spacial score (nSPS) is 13.8. The number of rotatable bonds is 4. The second-order valence-corrected chi connectivity index (χ2v) is 13.5. The van der Waals surface area contributed by atoms with Gasteiger partial charge in [-0.3, -0.25) is 0 Å².